The Bertz CT molecular complexity index is 1120. The number of hydrazone groups is 1. The van der Waals surface area contributed by atoms with E-state index in [4.69, 9.17) is 23.7 Å². The number of Topliss-reactive ketones (excluding diaryl/α,β-unsaturated/α-hetero) is 1. The molecule has 0 bridgehead atoms. The smallest absolute Gasteiger partial charge is 0.431 e. The molecule has 1 amide bonds. The van der Waals surface area contributed by atoms with Gasteiger partial charge >= 0.3 is 12.1 Å². The summed E-state index contributed by atoms with van der Waals surface area (Å²) in [6.45, 7) is 19.3. The highest BCUT2D eigenvalue weighted by atomic mass is 16.7. The zero-order valence-electron chi connectivity index (χ0n) is 29.6. The van der Waals surface area contributed by atoms with Gasteiger partial charge in [0.1, 0.15) is 24.2 Å². The number of carbonyl (C=O) groups excluding carboxylic acids is 3. The van der Waals surface area contributed by atoms with Crippen molar-refractivity contribution in [1.82, 2.24) is 9.91 Å². The topological polar surface area (TPSA) is 157 Å². The molecule has 0 saturated carbocycles. The summed E-state index contributed by atoms with van der Waals surface area (Å²) in [5, 5.41) is 28.2. The van der Waals surface area contributed by atoms with Crippen LogP contribution in [0, 0.1) is 29.6 Å². The monoisotopic (exact) mass is 655 g/mol. The van der Waals surface area contributed by atoms with Gasteiger partial charge in [-0.15, -0.1) is 0 Å². The first kappa shape index (κ1) is 38.3. The second-order valence-corrected chi connectivity index (χ2v) is 14.7. The molecule has 46 heavy (non-hydrogen) atoms. The van der Waals surface area contributed by atoms with Crippen molar-refractivity contribution in [2.24, 2.45) is 34.7 Å². The van der Waals surface area contributed by atoms with Crippen molar-refractivity contribution in [3.8, 4) is 0 Å². The molecule has 264 valence electrons. The predicted octanol–water partition coefficient (Wildman–Crippen LogP) is 2.84. The van der Waals surface area contributed by atoms with Crippen molar-refractivity contribution in [3.05, 3.63) is 0 Å². The largest absolute Gasteiger partial charge is 0.457 e. The van der Waals surface area contributed by atoms with E-state index in [1.54, 1.807) is 27.7 Å². The zero-order valence-corrected chi connectivity index (χ0v) is 29.6. The number of aliphatic hydroxyl groups is 2. The Morgan fingerprint density at radius 3 is 2.20 bits per heavy atom. The van der Waals surface area contributed by atoms with E-state index >= 15 is 0 Å². The minimum absolute atomic E-state index is 0.207. The fourth-order valence-electron chi connectivity index (χ4n) is 7.94. The van der Waals surface area contributed by atoms with Crippen LogP contribution in [0.3, 0.4) is 0 Å². The van der Waals surface area contributed by atoms with Gasteiger partial charge in [0.2, 0.25) is 0 Å². The number of amides is 1. The summed E-state index contributed by atoms with van der Waals surface area (Å²) in [6.07, 6.45) is -5.37. The number of aliphatic hydroxyl groups excluding tert-OH is 2. The van der Waals surface area contributed by atoms with Crippen LogP contribution in [0.1, 0.15) is 75.2 Å². The zero-order chi connectivity index (χ0) is 35.0. The molecule has 3 aliphatic rings. The highest BCUT2D eigenvalue weighted by molar-refractivity contribution is 6.00. The third-order valence-corrected chi connectivity index (χ3v) is 10.6. The first-order chi connectivity index (χ1) is 21.2. The summed E-state index contributed by atoms with van der Waals surface area (Å²) >= 11 is 0. The van der Waals surface area contributed by atoms with Crippen molar-refractivity contribution in [2.75, 3.05) is 21.2 Å². The second-order valence-electron chi connectivity index (χ2n) is 14.7. The van der Waals surface area contributed by atoms with Gasteiger partial charge in [-0.05, 0) is 66.5 Å². The molecule has 2 N–H and O–H groups in total. The molecule has 13 heteroatoms. The molecular weight excluding hydrogens is 598 g/mol. The summed E-state index contributed by atoms with van der Waals surface area (Å²) in [6, 6.07) is -1.12. The molecule has 3 saturated heterocycles. The van der Waals surface area contributed by atoms with Crippen LogP contribution in [0.15, 0.2) is 5.10 Å². The van der Waals surface area contributed by atoms with E-state index in [-0.39, 0.29) is 24.5 Å². The fraction of sp³-hybridized carbons (Fsp3) is 0.879. The molecule has 13 nitrogen and oxygen atoms in total. The van der Waals surface area contributed by atoms with Crippen molar-refractivity contribution in [2.45, 2.75) is 135 Å². The molecular formula is C33H57N3O10. The summed E-state index contributed by atoms with van der Waals surface area (Å²) < 4.78 is 30.7. The Labute approximate surface area is 273 Å². The number of rotatable bonds is 6. The number of carbonyl (C=O) groups is 3. The number of hydrogen-bond donors (Lipinski definition) is 2. The van der Waals surface area contributed by atoms with E-state index in [1.165, 1.54) is 14.0 Å². The number of cyclic esters (lactones) is 1. The quantitative estimate of drug-likeness (QED) is 0.246. The predicted molar refractivity (Wildman–Crippen MR) is 170 cm³/mol. The van der Waals surface area contributed by atoms with E-state index in [0.717, 1.165) is 5.01 Å². The van der Waals surface area contributed by atoms with Crippen LogP contribution in [0.4, 0.5) is 4.79 Å². The van der Waals surface area contributed by atoms with Gasteiger partial charge in [-0.3, -0.25) is 9.59 Å². The van der Waals surface area contributed by atoms with E-state index in [9.17, 15) is 24.6 Å². The van der Waals surface area contributed by atoms with Crippen LogP contribution >= 0.6 is 0 Å². The van der Waals surface area contributed by atoms with Gasteiger partial charge in [0.25, 0.3) is 0 Å². The van der Waals surface area contributed by atoms with Crippen LogP contribution < -0.4 is 0 Å². The normalized spacial score (nSPS) is 44.9. The molecule has 3 aliphatic heterocycles. The Kier molecular flexibility index (Phi) is 12.1. The van der Waals surface area contributed by atoms with Gasteiger partial charge in [0.05, 0.1) is 23.9 Å². The lowest BCUT2D eigenvalue weighted by Gasteiger charge is -2.48. The molecule has 3 rings (SSSR count). The number of likely N-dealkylation sites (N-methyl/N-ethyl adjacent to an activating group) is 1. The average molecular weight is 656 g/mol. The van der Waals surface area contributed by atoms with Crippen LogP contribution in [-0.2, 0) is 33.3 Å². The molecule has 3 heterocycles. The Balaban J connectivity index is 2.15. The molecule has 14 atom stereocenters. The standard InChI is InChI=1S/C33H57N3O10/c1-16(2)27-33(9)26(36(34-10)31(41)46-33)19(5)23(37)17(3)15-32(8,42-13)28(20(6)24(38)21(7)29(40)44-27)45-30-25(39)22(35(11)12)14-18(4)43-30/h16-23,25-28,30,37,39H,10,14-15H2,1-9,11-13H3/t17-,18-,19+,20+,21-,22+,23?,25-,26-,27-,28-,30+,32+,33+/m1/s1. The Morgan fingerprint density at radius 1 is 1.07 bits per heavy atom. The highest BCUT2D eigenvalue weighted by Gasteiger charge is 2.62. The van der Waals surface area contributed by atoms with Crippen molar-refractivity contribution < 1.29 is 48.3 Å². The lowest BCUT2D eigenvalue weighted by atomic mass is 9.72. The maximum atomic E-state index is 14.1. The molecule has 0 aromatic heterocycles. The number of ketones is 1. The van der Waals surface area contributed by atoms with Gasteiger partial charge in [-0.2, -0.15) is 10.1 Å². The van der Waals surface area contributed by atoms with Crippen molar-refractivity contribution in [3.63, 3.8) is 0 Å². The minimum Gasteiger partial charge on any atom is -0.457 e. The molecule has 0 radical (unpaired) electrons. The summed E-state index contributed by atoms with van der Waals surface area (Å²) in [7, 11) is 5.24. The number of nitrogens with zero attached hydrogens (tertiary/aromatic N) is 3. The second kappa shape index (κ2) is 14.5. The van der Waals surface area contributed by atoms with E-state index in [0.29, 0.717) is 6.42 Å². The summed E-state index contributed by atoms with van der Waals surface area (Å²) in [5.41, 5.74) is -2.63. The molecule has 0 aromatic rings. The number of fused-ring (bicyclic) bond motifs is 1. The van der Waals surface area contributed by atoms with Crippen LogP contribution in [0.2, 0.25) is 0 Å². The molecule has 0 spiro atoms. The summed E-state index contributed by atoms with van der Waals surface area (Å²) in [5.74, 6) is -4.83. The molecule has 1 unspecified atom stereocenters. The molecule has 3 fully saturated rings. The fourth-order valence-corrected chi connectivity index (χ4v) is 7.94. The first-order valence-corrected chi connectivity index (χ1v) is 16.4. The maximum Gasteiger partial charge on any atom is 0.431 e. The van der Waals surface area contributed by atoms with Gasteiger partial charge < -0.3 is 38.8 Å². The molecule has 0 aromatic carbocycles. The molecule has 0 aliphatic carbocycles. The highest BCUT2D eigenvalue weighted by Crippen LogP contribution is 2.44. The Morgan fingerprint density at radius 2 is 1.67 bits per heavy atom. The third-order valence-electron chi connectivity index (χ3n) is 10.6. The summed E-state index contributed by atoms with van der Waals surface area (Å²) in [4.78, 5) is 42.8. The van der Waals surface area contributed by atoms with Crippen LogP contribution in [-0.4, -0.2) is 126 Å². The lowest BCUT2D eigenvalue weighted by molar-refractivity contribution is -0.296. The van der Waals surface area contributed by atoms with Crippen molar-refractivity contribution in [1.29, 1.82) is 0 Å². The van der Waals surface area contributed by atoms with E-state index in [1.807, 2.05) is 46.7 Å². The van der Waals surface area contributed by atoms with Gasteiger partial charge in [-0.1, -0.05) is 34.6 Å². The number of ether oxygens (including phenoxy) is 5. The minimum atomic E-state index is -1.43. The number of esters is 1. The van der Waals surface area contributed by atoms with Gasteiger partial charge in [0.15, 0.2) is 17.7 Å². The SMILES string of the molecule is C=NN1C(=O)O[C@]2(C)[C@@H](C(C)C)OC(=O)[C@H](C)C(=O)[C@H](C)[C@@H](O[C@@H]3O[C@H](C)C[C@H](N(C)C)[C@H]3O)[C@@](C)(OC)C[C@@H](C)C(O)[C@H](C)[C@@H]12. The average Bonchev–Trinajstić information content (AvgIpc) is 3.26. The van der Waals surface area contributed by atoms with Crippen LogP contribution in [0.5, 0.6) is 0 Å². The lowest BCUT2D eigenvalue weighted by Crippen LogP contribution is -2.61. The number of hydrogen-bond acceptors (Lipinski definition) is 12. The van der Waals surface area contributed by atoms with Crippen molar-refractivity contribution >= 4 is 24.6 Å². The maximum absolute atomic E-state index is 14.1. The van der Waals surface area contributed by atoms with Gasteiger partial charge in [0, 0.05) is 31.7 Å². The van der Waals surface area contributed by atoms with E-state index < -0.39 is 89.5 Å². The van der Waals surface area contributed by atoms with Gasteiger partial charge in [-0.25, -0.2) is 4.79 Å². The number of methoxy groups -OCH3 is 1. The Hall–Kier alpha value is -2.16. The first-order valence-electron chi connectivity index (χ1n) is 16.4. The van der Waals surface area contributed by atoms with Crippen LogP contribution in [0.25, 0.3) is 0 Å². The third kappa shape index (κ3) is 7.14. The van der Waals surface area contributed by atoms with E-state index in [2.05, 4.69) is 11.8 Å².